The minimum absolute atomic E-state index is 0.00983. The van der Waals surface area contributed by atoms with Gasteiger partial charge in [-0.2, -0.15) is 0 Å². The topological polar surface area (TPSA) is 67.9 Å². The number of aryl methyl sites for hydroxylation is 1. The second-order valence-corrected chi connectivity index (χ2v) is 6.71. The summed E-state index contributed by atoms with van der Waals surface area (Å²) in [5, 5.41) is 2.65. The zero-order valence-corrected chi connectivity index (χ0v) is 17.3. The van der Waals surface area contributed by atoms with Crippen molar-refractivity contribution in [1.29, 1.82) is 0 Å². The van der Waals surface area contributed by atoms with Crippen LogP contribution in [-0.2, 0) is 16.0 Å². The van der Waals surface area contributed by atoms with Crippen molar-refractivity contribution in [3.8, 4) is 11.5 Å². The molecule has 2 aromatic rings. The second kappa shape index (κ2) is 8.87. The Balaban J connectivity index is 1.96. The average Bonchev–Trinajstić information content (AvgIpc) is 2.72. The number of carbonyl (C=O) groups is 2. The molecule has 7 heteroatoms. The Morgan fingerprint density at radius 2 is 1.79 bits per heavy atom. The Hall–Kier alpha value is -3.19. The van der Waals surface area contributed by atoms with Gasteiger partial charge in [0.15, 0.2) is 16.6 Å². The quantitative estimate of drug-likeness (QED) is 0.449. The number of ether oxygens (including phenoxy) is 2. The third-order valence-corrected chi connectivity index (χ3v) is 4.79. The molecule has 0 saturated carbocycles. The van der Waals surface area contributed by atoms with Crippen molar-refractivity contribution in [1.82, 2.24) is 5.32 Å². The molecule has 0 unspecified atom stereocenters. The molecular weight excluding hydrogens is 388 g/mol. The van der Waals surface area contributed by atoms with Gasteiger partial charge in [-0.3, -0.25) is 19.8 Å². The SMILES string of the molecule is CCOc1ccc(/C=C2\C(=O)NC(=S)N(c3ccc(CC)cc3)C2=O)cc1OC. The van der Waals surface area contributed by atoms with Crippen molar-refractivity contribution >= 4 is 40.9 Å². The molecule has 1 aliphatic rings. The smallest absolute Gasteiger partial charge is 0.270 e. The number of benzene rings is 2. The number of carbonyl (C=O) groups excluding carboxylic acids is 2. The van der Waals surface area contributed by atoms with Gasteiger partial charge < -0.3 is 9.47 Å². The molecule has 6 nitrogen and oxygen atoms in total. The van der Waals surface area contributed by atoms with E-state index in [-0.39, 0.29) is 10.7 Å². The molecule has 2 amide bonds. The van der Waals surface area contributed by atoms with E-state index in [0.29, 0.717) is 29.4 Å². The van der Waals surface area contributed by atoms with Crippen LogP contribution in [0.1, 0.15) is 25.0 Å². The van der Waals surface area contributed by atoms with Crippen LogP contribution in [0.4, 0.5) is 5.69 Å². The van der Waals surface area contributed by atoms with E-state index in [1.165, 1.54) is 18.1 Å². The highest BCUT2D eigenvalue weighted by Crippen LogP contribution is 2.30. The summed E-state index contributed by atoms with van der Waals surface area (Å²) in [5.74, 6) is 0.105. The van der Waals surface area contributed by atoms with Gasteiger partial charge in [0.25, 0.3) is 11.8 Å². The number of thiocarbonyl (C=S) groups is 1. The first kappa shape index (κ1) is 20.5. The van der Waals surface area contributed by atoms with Crippen molar-refractivity contribution in [2.75, 3.05) is 18.6 Å². The summed E-state index contributed by atoms with van der Waals surface area (Å²) in [6, 6.07) is 12.7. The summed E-state index contributed by atoms with van der Waals surface area (Å²) >= 11 is 5.24. The van der Waals surface area contributed by atoms with Crippen LogP contribution in [0.5, 0.6) is 11.5 Å². The van der Waals surface area contributed by atoms with Crippen LogP contribution in [0.25, 0.3) is 6.08 Å². The molecule has 1 fully saturated rings. The molecule has 0 aliphatic carbocycles. The van der Waals surface area contributed by atoms with Crippen molar-refractivity contribution in [3.63, 3.8) is 0 Å². The Labute approximate surface area is 175 Å². The minimum atomic E-state index is -0.533. The van der Waals surface area contributed by atoms with E-state index < -0.39 is 11.8 Å². The Morgan fingerprint density at radius 3 is 2.41 bits per heavy atom. The van der Waals surface area contributed by atoms with Crippen molar-refractivity contribution in [2.45, 2.75) is 20.3 Å². The summed E-state index contributed by atoms with van der Waals surface area (Å²) in [6.07, 6.45) is 2.41. The predicted molar refractivity (Wildman–Crippen MR) is 116 cm³/mol. The third kappa shape index (κ3) is 4.30. The van der Waals surface area contributed by atoms with Gasteiger partial charge in [-0.05, 0) is 67.0 Å². The molecule has 0 radical (unpaired) electrons. The summed E-state index contributed by atoms with van der Waals surface area (Å²) in [7, 11) is 1.54. The summed E-state index contributed by atoms with van der Waals surface area (Å²) in [6.45, 7) is 4.43. The van der Waals surface area contributed by atoms with Gasteiger partial charge in [0.05, 0.1) is 19.4 Å². The lowest BCUT2D eigenvalue weighted by molar-refractivity contribution is -0.122. The monoisotopic (exact) mass is 410 g/mol. The largest absolute Gasteiger partial charge is 0.493 e. The highest BCUT2D eigenvalue weighted by atomic mass is 32.1. The van der Waals surface area contributed by atoms with E-state index in [9.17, 15) is 9.59 Å². The second-order valence-electron chi connectivity index (χ2n) is 6.32. The number of nitrogens with one attached hydrogen (secondary N) is 1. The van der Waals surface area contributed by atoms with E-state index in [1.54, 1.807) is 18.2 Å². The van der Waals surface area contributed by atoms with Gasteiger partial charge in [-0.25, -0.2) is 0 Å². The molecule has 1 saturated heterocycles. The first-order valence-corrected chi connectivity index (χ1v) is 9.70. The lowest BCUT2D eigenvalue weighted by Gasteiger charge is -2.29. The molecule has 150 valence electrons. The Bertz CT molecular complexity index is 983. The highest BCUT2D eigenvalue weighted by Gasteiger charge is 2.34. The van der Waals surface area contributed by atoms with Gasteiger partial charge in [-0.1, -0.05) is 25.1 Å². The number of anilines is 1. The predicted octanol–water partition coefficient (Wildman–Crippen LogP) is 3.49. The fourth-order valence-corrected chi connectivity index (χ4v) is 3.27. The van der Waals surface area contributed by atoms with Crippen LogP contribution in [-0.4, -0.2) is 30.6 Å². The van der Waals surface area contributed by atoms with E-state index in [0.717, 1.165) is 12.0 Å². The van der Waals surface area contributed by atoms with Crippen molar-refractivity contribution < 1.29 is 19.1 Å². The van der Waals surface area contributed by atoms with E-state index >= 15 is 0 Å². The molecule has 29 heavy (non-hydrogen) atoms. The third-order valence-electron chi connectivity index (χ3n) is 4.50. The van der Waals surface area contributed by atoms with Crippen LogP contribution in [0.3, 0.4) is 0 Å². The maximum absolute atomic E-state index is 13.1. The first-order valence-electron chi connectivity index (χ1n) is 9.29. The summed E-state index contributed by atoms with van der Waals surface area (Å²) in [4.78, 5) is 26.9. The standard InChI is InChI=1S/C22H22N2O4S/c1-4-14-6-9-16(10-7-14)24-21(26)17(20(25)23-22(24)29)12-15-8-11-18(28-5-2)19(13-15)27-3/h6-13H,4-5H2,1-3H3,(H,23,25,29)/b17-12+. The molecule has 0 spiro atoms. The Kier molecular flexibility index (Phi) is 6.29. The molecule has 1 aliphatic heterocycles. The maximum atomic E-state index is 13.1. The number of amides is 2. The van der Waals surface area contributed by atoms with E-state index in [1.807, 2.05) is 31.2 Å². The highest BCUT2D eigenvalue weighted by molar-refractivity contribution is 7.80. The lowest BCUT2D eigenvalue weighted by Crippen LogP contribution is -2.54. The molecule has 3 rings (SSSR count). The molecule has 0 aromatic heterocycles. The number of hydrogen-bond donors (Lipinski definition) is 1. The average molecular weight is 410 g/mol. The molecule has 0 atom stereocenters. The van der Waals surface area contributed by atoms with Gasteiger partial charge in [-0.15, -0.1) is 0 Å². The van der Waals surface area contributed by atoms with Gasteiger partial charge in [0.2, 0.25) is 0 Å². The lowest BCUT2D eigenvalue weighted by atomic mass is 10.1. The van der Waals surface area contributed by atoms with Crippen LogP contribution in [0, 0.1) is 0 Å². The number of hydrogen-bond acceptors (Lipinski definition) is 5. The normalized spacial score (nSPS) is 15.5. The minimum Gasteiger partial charge on any atom is -0.493 e. The molecular formula is C22H22N2O4S. The van der Waals surface area contributed by atoms with Gasteiger partial charge in [0.1, 0.15) is 5.57 Å². The number of methoxy groups -OCH3 is 1. The summed E-state index contributed by atoms with van der Waals surface area (Å²) < 4.78 is 10.8. The molecule has 2 aromatic carbocycles. The van der Waals surface area contributed by atoms with Gasteiger partial charge in [0, 0.05) is 0 Å². The fourth-order valence-electron chi connectivity index (χ4n) is 2.99. The first-order chi connectivity index (χ1) is 14.0. The molecule has 1 N–H and O–H groups in total. The zero-order valence-electron chi connectivity index (χ0n) is 16.5. The van der Waals surface area contributed by atoms with E-state index in [2.05, 4.69) is 12.2 Å². The number of nitrogens with zero attached hydrogens (tertiary/aromatic N) is 1. The molecule has 1 heterocycles. The van der Waals surface area contributed by atoms with Gasteiger partial charge >= 0.3 is 0 Å². The van der Waals surface area contributed by atoms with Crippen LogP contribution >= 0.6 is 12.2 Å². The zero-order chi connectivity index (χ0) is 21.0. The van der Waals surface area contributed by atoms with Crippen molar-refractivity contribution in [2.24, 2.45) is 0 Å². The van der Waals surface area contributed by atoms with E-state index in [4.69, 9.17) is 21.7 Å². The maximum Gasteiger partial charge on any atom is 0.270 e. The number of rotatable bonds is 6. The van der Waals surface area contributed by atoms with Crippen LogP contribution < -0.4 is 19.7 Å². The summed E-state index contributed by atoms with van der Waals surface area (Å²) in [5.41, 5.74) is 2.38. The fraction of sp³-hybridized carbons (Fsp3) is 0.227. The van der Waals surface area contributed by atoms with Crippen LogP contribution in [0.15, 0.2) is 48.0 Å². The van der Waals surface area contributed by atoms with Crippen LogP contribution in [0.2, 0.25) is 0 Å². The molecule has 0 bridgehead atoms. The van der Waals surface area contributed by atoms with Crippen molar-refractivity contribution in [3.05, 3.63) is 59.2 Å². The Morgan fingerprint density at radius 1 is 1.07 bits per heavy atom.